The maximum atomic E-state index is 5.71. The van der Waals surface area contributed by atoms with Gasteiger partial charge in [-0.1, -0.05) is 20.8 Å². The van der Waals surface area contributed by atoms with Crippen molar-refractivity contribution in [3.63, 3.8) is 0 Å². The van der Waals surface area contributed by atoms with E-state index in [4.69, 9.17) is 4.74 Å². The summed E-state index contributed by atoms with van der Waals surface area (Å²) in [6.45, 7) is 13.4. The molecule has 17 heavy (non-hydrogen) atoms. The van der Waals surface area contributed by atoms with Crippen LogP contribution in [0.25, 0.3) is 0 Å². The van der Waals surface area contributed by atoms with Gasteiger partial charge < -0.3 is 10.1 Å². The van der Waals surface area contributed by atoms with Crippen LogP contribution in [-0.2, 0) is 4.74 Å². The first kappa shape index (κ1) is 13.3. The van der Waals surface area contributed by atoms with E-state index in [2.05, 4.69) is 31.0 Å². The van der Waals surface area contributed by atoms with Crippen LogP contribution >= 0.6 is 0 Å². The molecule has 0 saturated carbocycles. The van der Waals surface area contributed by atoms with Gasteiger partial charge in [-0.3, -0.25) is 4.90 Å². The SMILES string of the molecule is CCC1C2CNCC2CN1CCOCC(C)C. The van der Waals surface area contributed by atoms with Gasteiger partial charge in [0.05, 0.1) is 6.61 Å². The van der Waals surface area contributed by atoms with Crippen LogP contribution in [0.5, 0.6) is 0 Å². The Morgan fingerprint density at radius 1 is 1.35 bits per heavy atom. The van der Waals surface area contributed by atoms with E-state index in [0.717, 1.165) is 37.6 Å². The van der Waals surface area contributed by atoms with Crippen molar-refractivity contribution in [2.45, 2.75) is 33.2 Å². The van der Waals surface area contributed by atoms with E-state index < -0.39 is 0 Å². The molecule has 2 aliphatic rings. The van der Waals surface area contributed by atoms with E-state index in [9.17, 15) is 0 Å². The lowest BCUT2D eigenvalue weighted by Gasteiger charge is -2.26. The van der Waals surface area contributed by atoms with Gasteiger partial charge in [0.15, 0.2) is 0 Å². The zero-order chi connectivity index (χ0) is 12.3. The third-order valence-electron chi connectivity index (χ3n) is 4.22. The Hall–Kier alpha value is -0.120. The summed E-state index contributed by atoms with van der Waals surface area (Å²) in [7, 11) is 0. The minimum absolute atomic E-state index is 0.652. The first-order valence-corrected chi connectivity index (χ1v) is 7.24. The number of hydrogen-bond acceptors (Lipinski definition) is 3. The van der Waals surface area contributed by atoms with Gasteiger partial charge in [0.25, 0.3) is 0 Å². The standard InChI is InChI=1S/C14H28N2O/c1-4-14-13-8-15-7-12(13)9-16(14)5-6-17-10-11(2)3/h11-15H,4-10H2,1-3H3. The highest BCUT2D eigenvalue weighted by atomic mass is 16.5. The number of likely N-dealkylation sites (tertiary alicyclic amines) is 1. The number of nitrogens with one attached hydrogen (secondary N) is 1. The highest BCUT2D eigenvalue weighted by Gasteiger charge is 2.42. The van der Waals surface area contributed by atoms with Crippen LogP contribution < -0.4 is 5.32 Å². The molecular formula is C14H28N2O. The van der Waals surface area contributed by atoms with Crippen molar-refractivity contribution in [2.24, 2.45) is 17.8 Å². The van der Waals surface area contributed by atoms with Crippen molar-refractivity contribution in [3.8, 4) is 0 Å². The van der Waals surface area contributed by atoms with Crippen molar-refractivity contribution in [3.05, 3.63) is 0 Å². The normalized spacial score (nSPS) is 33.5. The maximum absolute atomic E-state index is 5.71. The van der Waals surface area contributed by atoms with Gasteiger partial charge in [0.2, 0.25) is 0 Å². The molecule has 0 aromatic rings. The minimum atomic E-state index is 0.652. The van der Waals surface area contributed by atoms with Crippen molar-refractivity contribution in [1.29, 1.82) is 0 Å². The van der Waals surface area contributed by atoms with Crippen molar-refractivity contribution in [1.82, 2.24) is 10.2 Å². The number of ether oxygens (including phenoxy) is 1. The molecule has 2 saturated heterocycles. The maximum Gasteiger partial charge on any atom is 0.0593 e. The molecule has 0 aromatic heterocycles. The lowest BCUT2D eigenvalue weighted by Crippen LogP contribution is -2.37. The molecular weight excluding hydrogens is 212 g/mol. The molecule has 0 spiro atoms. The molecule has 3 nitrogen and oxygen atoms in total. The van der Waals surface area contributed by atoms with Gasteiger partial charge >= 0.3 is 0 Å². The quantitative estimate of drug-likeness (QED) is 0.714. The summed E-state index contributed by atoms with van der Waals surface area (Å²) in [6.07, 6.45) is 1.28. The predicted octanol–water partition coefficient (Wildman–Crippen LogP) is 1.59. The first-order valence-electron chi connectivity index (χ1n) is 7.24. The number of hydrogen-bond donors (Lipinski definition) is 1. The fraction of sp³-hybridized carbons (Fsp3) is 1.00. The lowest BCUT2D eigenvalue weighted by molar-refractivity contribution is 0.0778. The molecule has 0 aromatic carbocycles. The second kappa shape index (κ2) is 6.17. The summed E-state index contributed by atoms with van der Waals surface area (Å²) in [5.41, 5.74) is 0. The summed E-state index contributed by atoms with van der Waals surface area (Å²) in [4.78, 5) is 2.66. The number of nitrogens with zero attached hydrogens (tertiary/aromatic N) is 1. The van der Waals surface area contributed by atoms with E-state index in [-0.39, 0.29) is 0 Å². The van der Waals surface area contributed by atoms with Crippen LogP contribution in [0.3, 0.4) is 0 Å². The fourth-order valence-corrected chi connectivity index (χ4v) is 3.43. The largest absolute Gasteiger partial charge is 0.380 e. The van der Waals surface area contributed by atoms with Crippen LogP contribution in [0.4, 0.5) is 0 Å². The first-order chi connectivity index (χ1) is 8.22. The fourth-order valence-electron chi connectivity index (χ4n) is 3.43. The van der Waals surface area contributed by atoms with Crippen LogP contribution in [-0.4, -0.2) is 50.3 Å². The van der Waals surface area contributed by atoms with Crippen molar-refractivity contribution in [2.75, 3.05) is 39.4 Å². The van der Waals surface area contributed by atoms with Gasteiger partial charge in [-0.05, 0) is 37.3 Å². The van der Waals surface area contributed by atoms with Crippen molar-refractivity contribution >= 4 is 0 Å². The van der Waals surface area contributed by atoms with E-state index in [1.807, 2.05) is 0 Å². The third kappa shape index (κ3) is 3.21. The molecule has 100 valence electrons. The third-order valence-corrected chi connectivity index (χ3v) is 4.22. The van der Waals surface area contributed by atoms with E-state index in [0.29, 0.717) is 5.92 Å². The topological polar surface area (TPSA) is 24.5 Å². The van der Waals surface area contributed by atoms with Crippen LogP contribution in [0, 0.1) is 17.8 Å². The predicted molar refractivity (Wildman–Crippen MR) is 71.2 cm³/mol. The van der Waals surface area contributed by atoms with Gasteiger partial charge in [-0.15, -0.1) is 0 Å². The molecule has 0 bridgehead atoms. The Morgan fingerprint density at radius 2 is 2.18 bits per heavy atom. The molecule has 2 rings (SSSR count). The average molecular weight is 240 g/mol. The molecule has 0 aliphatic carbocycles. The monoisotopic (exact) mass is 240 g/mol. The lowest BCUT2D eigenvalue weighted by atomic mass is 9.93. The molecule has 3 unspecified atom stereocenters. The van der Waals surface area contributed by atoms with E-state index >= 15 is 0 Å². The second-order valence-electron chi connectivity index (χ2n) is 6.02. The zero-order valence-electron chi connectivity index (χ0n) is 11.6. The Kier molecular flexibility index (Phi) is 4.83. The summed E-state index contributed by atoms with van der Waals surface area (Å²) in [5.74, 6) is 2.44. The van der Waals surface area contributed by atoms with E-state index in [1.165, 1.54) is 26.1 Å². The zero-order valence-corrected chi connectivity index (χ0v) is 11.6. The van der Waals surface area contributed by atoms with E-state index in [1.54, 1.807) is 0 Å². The molecule has 3 heteroatoms. The molecule has 0 amide bonds. The van der Waals surface area contributed by atoms with Crippen LogP contribution in [0.1, 0.15) is 27.2 Å². The van der Waals surface area contributed by atoms with Gasteiger partial charge in [0, 0.05) is 25.7 Å². The summed E-state index contributed by atoms with van der Waals surface area (Å²) in [6, 6.07) is 0.789. The highest BCUT2D eigenvalue weighted by molar-refractivity contribution is 4.97. The Labute approximate surface area is 106 Å². The molecule has 3 atom stereocenters. The van der Waals surface area contributed by atoms with Crippen LogP contribution in [0.2, 0.25) is 0 Å². The second-order valence-corrected chi connectivity index (χ2v) is 6.02. The summed E-state index contributed by atoms with van der Waals surface area (Å²) in [5, 5.41) is 3.53. The highest BCUT2D eigenvalue weighted by Crippen LogP contribution is 2.33. The molecule has 0 radical (unpaired) electrons. The molecule has 1 N–H and O–H groups in total. The van der Waals surface area contributed by atoms with Crippen molar-refractivity contribution < 1.29 is 4.74 Å². The number of fused-ring (bicyclic) bond motifs is 1. The Balaban J connectivity index is 1.73. The molecule has 2 heterocycles. The van der Waals surface area contributed by atoms with Gasteiger partial charge in [-0.2, -0.15) is 0 Å². The minimum Gasteiger partial charge on any atom is -0.380 e. The summed E-state index contributed by atoms with van der Waals surface area (Å²) < 4.78 is 5.71. The molecule has 2 fully saturated rings. The summed E-state index contributed by atoms with van der Waals surface area (Å²) >= 11 is 0. The smallest absolute Gasteiger partial charge is 0.0593 e. The Morgan fingerprint density at radius 3 is 2.88 bits per heavy atom. The van der Waals surface area contributed by atoms with Gasteiger partial charge in [0.1, 0.15) is 0 Å². The average Bonchev–Trinajstić information content (AvgIpc) is 2.83. The van der Waals surface area contributed by atoms with Crippen LogP contribution in [0.15, 0.2) is 0 Å². The van der Waals surface area contributed by atoms with Gasteiger partial charge in [-0.25, -0.2) is 0 Å². The number of rotatable bonds is 6. The Bertz CT molecular complexity index is 232. The molecule has 2 aliphatic heterocycles.